The minimum Gasteiger partial charge on any atom is -0.345 e. The lowest BCUT2D eigenvalue weighted by Crippen LogP contribution is -2.28. The van der Waals surface area contributed by atoms with Crippen molar-refractivity contribution >= 4 is 29.3 Å². The molecule has 1 atom stereocenters. The predicted molar refractivity (Wildman–Crippen MR) is 139 cm³/mol. The Bertz CT molecular complexity index is 1340. The van der Waals surface area contributed by atoms with E-state index < -0.39 is 0 Å². The van der Waals surface area contributed by atoms with Crippen molar-refractivity contribution in [2.24, 2.45) is 7.05 Å². The monoisotopic (exact) mass is 485 g/mol. The number of rotatable bonds is 8. The molecule has 1 unspecified atom stereocenters. The van der Waals surface area contributed by atoms with Crippen molar-refractivity contribution in [2.75, 3.05) is 11.1 Å². The van der Waals surface area contributed by atoms with Gasteiger partial charge in [0.1, 0.15) is 0 Å². The molecule has 4 aromatic rings. The lowest BCUT2D eigenvalue weighted by atomic mass is 10.1. The number of aryl methyl sites for hydroxylation is 1. The number of carbonyl (C=O) groups is 2. The van der Waals surface area contributed by atoms with Gasteiger partial charge in [-0.1, -0.05) is 78.5 Å². The van der Waals surface area contributed by atoms with Crippen LogP contribution in [0.15, 0.2) is 84.0 Å². The first-order valence-electron chi connectivity index (χ1n) is 11.3. The minimum absolute atomic E-state index is 0.135. The molecule has 0 aliphatic rings. The molecule has 0 saturated carbocycles. The standard InChI is InChI=1S/C27H27N5O2S/c1-18-11-7-8-14-21(18)25-30-31-27(32(25)3)35-17-24(33)29-23-16-10-9-15-22(23)26(34)28-19(2)20-12-5-4-6-13-20/h4-16,19H,17H2,1-3H3,(H,28,34)(H,29,33). The van der Waals surface area contributed by atoms with Crippen LogP contribution in [0.5, 0.6) is 0 Å². The third kappa shape index (κ3) is 5.78. The molecule has 2 N–H and O–H groups in total. The summed E-state index contributed by atoms with van der Waals surface area (Å²) >= 11 is 1.29. The third-order valence-corrected chi connectivity index (χ3v) is 6.67. The highest BCUT2D eigenvalue weighted by Gasteiger charge is 2.18. The second-order valence-corrected chi connectivity index (χ2v) is 9.11. The molecule has 8 heteroatoms. The van der Waals surface area contributed by atoms with Gasteiger partial charge in [0.05, 0.1) is 23.0 Å². The average Bonchev–Trinajstić information content (AvgIpc) is 3.23. The average molecular weight is 486 g/mol. The van der Waals surface area contributed by atoms with Gasteiger partial charge in [-0.2, -0.15) is 0 Å². The Hall–Kier alpha value is -3.91. The van der Waals surface area contributed by atoms with Crippen LogP contribution >= 0.6 is 11.8 Å². The largest absolute Gasteiger partial charge is 0.345 e. The van der Waals surface area contributed by atoms with Gasteiger partial charge in [-0.05, 0) is 37.1 Å². The Morgan fingerprint density at radius 3 is 2.40 bits per heavy atom. The third-order valence-electron chi connectivity index (χ3n) is 5.65. The van der Waals surface area contributed by atoms with Gasteiger partial charge in [-0.25, -0.2) is 0 Å². The van der Waals surface area contributed by atoms with Gasteiger partial charge in [0, 0.05) is 12.6 Å². The van der Waals surface area contributed by atoms with E-state index in [1.54, 1.807) is 24.3 Å². The number of thioether (sulfide) groups is 1. The van der Waals surface area contributed by atoms with Crippen LogP contribution in [0.4, 0.5) is 5.69 Å². The van der Waals surface area contributed by atoms with Crippen LogP contribution in [-0.4, -0.2) is 32.3 Å². The molecule has 0 aliphatic heterocycles. The molecule has 0 fully saturated rings. The van der Waals surface area contributed by atoms with Crippen molar-refractivity contribution in [1.82, 2.24) is 20.1 Å². The van der Waals surface area contributed by atoms with Crippen LogP contribution in [0.1, 0.15) is 34.5 Å². The SMILES string of the molecule is Cc1ccccc1-c1nnc(SCC(=O)Nc2ccccc2C(=O)NC(C)c2ccccc2)n1C. The normalized spacial score (nSPS) is 11.6. The zero-order valence-corrected chi connectivity index (χ0v) is 20.7. The number of nitrogens with zero attached hydrogens (tertiary/aromatic N) is 3. The fourth-order valence-electron chi connectivity index (χ4n) is 3.70. The van der Waals surface area contributed by atoms with E-state index in [0.29, 0.717) is 16.4 Å². The van der Waals surface area contributed by atoms with E-state index in [9.17, 15) is 9.59 Å². The van der Waals surface area contributed by atoms with Crippen LogP contribution in [0.25, 0.3) is 11.4 Å². The van der Waals surface area contributed by atoms with E-state index >= 15 is 0 Å². The van der Waals surface area contributed by atoms with Crippen molar-refractivity contribution in [3.05, 3.63) is 95.6 Å². The van der Waals surface area contributed by atoms with Crippen LogP contribution in [-0.2, 0) is 11.8 Å². The lowest BCUT2D eigenvalue weighted by Gasteiger charge is -2.16. The van der Waals surface area contributed by atoms with E-state index in [-0.39, 0.29) is 23.6 Å². The zero-order valence-electron chi connectivity index (χ0n) is 19.9. The highest BCUT2D eigenvalue weighted by Crippen LogP contribution is 2.25. The van der Waals surface area contributed by atoms with Crippen molar-refractivity contribution in [2.45, 2.75) is 25.0 Å². The maximum absolute atomic E-state index is 12.9. The summed E-state index contributed by atoms with van der Waals surface area (Å²) < 4.78 is 1.88. The van der Waals surface area contributed by atoms with Gasteiger partial charge in [0.25, 0.3) is 5.91 Å². The number of aromatic nitrogens is 3. The van der Waals surface area contributed by atoms with Gasteiger partial charge in [0.2, 0.25) is 5.91 Å². The van der Waals surface area contributed by atoms with E-state index in [1.807, 2.05) is 80.1 Å². The van der Waals surface area contributed by atoms with Crippen LogP contribution in [0.3, 0.4) is 0 Å². The zero-order chi connectivity index (χ0) is 24.8. The Labute approximate surface area is 209 Å². The number of nitrogens with one attached hydrogen (secondary N) is 2. The smallest absolute Gasteiger partial charge is 0.253 e. The number of anilines is 1. The second-order valence-electron chi connectivity index (χ2n) is 8.17. The number of hydrogen-bond donors (Lipinski definition) is 2. The first-order valence-corrected chi connectivity index (χ1v) is 12.3. The maximum atomic E-state index is 12.9. The van der Waals surface area contributed by atoms with Gasteiger partial charge >= 0.3 is 0 Å². The molecule has 3 aromatic carbocycles. The first-order chi connectivity index (χ1) is 16.9. The van der Waals surface area contributed by atoms with Crippen molar-refractivity contribution in [3.63, 3.8) is 0 Å². The molecule has 0 spiro atoms. The Balaban J connectivity index is 1.40. The molecule has 0 bridgehead atoms. The molecule has 2 amide bonds. The molecule has 178 valence electrons. The molecule has 4 rings (SSSR count). The van der Waals surface area contributed by atoms with E-state index in [2.05, 4.69) is 20.8 Å². The predicted octanol–water partition coefficient (Wildman–Crippen LogP) is 5.01. The fraction of sp³-hybridized carbons (Fsp3) is 0.185. The molecular weight excluding hydrogens is 458 g/mol. The van der Waals surface area contributed by atoms with Crippen LogP contribution in [0.2, 0.25) is 0 Å². The van der Waals surface area contributed by atoms with Gasteiger partial charge in [-0.3, -0.25) is 9.59 Å². The molecule has 0 saturated heterocycles. The van der Waals surface area contributed by atoms with Crippen LogP contribution < -0.4 is 10.6 Å². The Kier molecular flexibility index (Phi) is 7.62. The quantitative estimate of drug-likeness (QED) is 0.343. The van der Waals surface area contributed by atoms with Gasteiger partial charge in [0.15, 0.2) is 11.0 Å². The Morgan fingerprint density at radius 2 is 1.63 bits per heavy atom. The summed E-state index contributed by atoms with van der Waals surface area (Å²) in [5, 5.41) is 15.1. The van der Waals surface area contributed by atoms with E-state index in [0.717, 1.165) is 22.5 Å². The molecule has 1 aromatic heterocycles. The highest BCUT2D eigenvalue weighted by molar-refractivity contribution is 7.99. The number of hydrogen-bond acceptors (Lipinski definition) is 5. The first kappa shape index (κ1) is 24.2. The summed E-state index contributed by atoms with van der Waals surface area (Å²) in [6.45, 7) is 3.95. The number of para-hydroxylation sites is 1. The van der Waals surface area contributed by atoms with Crippen LogP contribution in [0, 0.1) is 6.92 Å². The maximum Gasteiger partial charge on any atom is 0.253 e. The number of amides is 2. The fourth-order valence-corrected chi connectivity index (χ4v) is 4.42. The van der Waals surface area contributed by atoms with Gasteiger partial charge < -0.3 is 15.2 Å². The summed E-state index contributed by atoms with van der Waals surface area (Å²) in [7, 11) is 1.88. The molecule has 0 aliphatic carbocycles. The Morgan fingerprint density at radius 1 is 0.943 bits per heavy atom. The second kappa shape index (κ2) is 11.0. The van der Waals surface area contributed by atoms with Crippen molar-refractivity contribution in [3.8, 4) is 11.4 Å². The summed E-state index contributed by atoms with van der Waals surface area (Å²) in [4.78, 5) is 25.7. The number of carbonyl (C=O) groups excluding carboxylic acids is 2. The summed E-state index contributed by atoms with van der Waals surface area (Å²) in [6.07, 6.45) is 0. The molecular formula is C27H27N5O2S. The minimum atomic E-state index is -0.249. The van der Waals surface area contributed by atoms with E-state index in [4.69, 9.17) is 0 Å². The molecule has 0 radical (unpaired) electrons. The van der Waals surface area contributed by atoms with Crippen molar-refractivity contribution in [1.29, 1.82) is 0 Å². The number of benzene rings is 3. The summed E-state index contributed by atoms with van der Waals surface area (Å²) in [5.41, 5.74) is 3.99. The topological polar surface area (TPSA) is 88.9 Å². The lowest BCUT2D eigenvalue weighted by molar-refractivity contribution is -0.113. The molecule has 7 nitrogen and oxygen atoms in total. The van der Waals surface area contributed by atoms with Gasteiger partial charge in [-0.15, -0.1) is 10.2 Å². The van der Waals surface area contributed by atoms with E-state index in [1.165, 1.54) is 11.8 Å². The summed E-state index contributed by atoms with van der Waals surface area (Å²) in [5.74, 6) is 0.407. The van der Waals surface area contributed by atoms with Crippen molar-refractivity contribution < 1.29 is 9.59 Å². The highest BCUT2D eigenvalue weighted by atomic mass is 32.2. The molecule has 1 heterocycles. The summed E-state index contributed by atoms with van der Waals surface area (Å²) in [6, 6.07) is 24.5. The molecule has 35 heavy (non-hydrogen) atoms.